The summed E-state index contributed by atoms with van der Waals surface area (Å²) in [6, 6.07) is 9.78. The highest BCUT2D eigenvalue weighted by molar-refractivity contribution is 7.90. The van der Waals surface area contributed by atoms with Gasteiger partial charge in [-0.05, 0) is 30.3 Å². The van der Waals surface area contributed by atoms with E-state index in [4.69, 9.17) is 0 Å². The molecular formula is C17H14FN3O4S. The van der Waals surface area contributed by atoms with Gasteiger partial charge < -0.3 is 5.32 Å². The lowest BCUT2D eigenvalue weighted by Gasteiger charge is -2.10. The van der Waals surface area contributed by atoms with Crippen LogP contribution >= 0.6 is 0 Å². The van der Waals surface area contributed by atoms with E-state index in [1.54, 1.807) is 24.3 Å². The zero-order chi connectivity index (χ0) is 18.9. The van der Waals surface area contributed by atoms with E-state index < -0.39 is 27.1 Å². The van der Waals surface area contributed by atoms with Gasteiger partial charge in [0.1, 0.15) is 12.4 Å². The van der Waals surface area contributed by atoms with Gasteiger partial charge in [0, 0.05) is 6.26 Å². The normalized spacial score (nSPS) is 11.5. The van der Waals surface area contributed by atoms with Crippen LogP contribution in [-0.4, -0.2) is 30.1 Å². The van der Waals surface area contributed by atoms with Gasteiger partial charge in [0.2, 0.25) is 5.91 Å². The van der Waals surface area contributed by atoms with Gasteiger partial charge >= 0.3 is 0 Å². The summed E-state index contributed by atoms with van der Waals surface area (Å²) in [6.07, 6.45) is 2.21. The lowest BCUT2D eigenvalue weighted by Crippen LogP contribution is -2.28. The molecule has 0 saturated heterocycles. The molecule has 0 aliphatic carbocycles. The van der Waals surface area contributed by atoms with Crippen molar-refractivity contribution in [2.24, 2.45) is 0 Å². The maximum absolute atomic E-state index is 13.9. The summed E-state index contributed by atoms with van der Waals surface area (Å²) in [4.78, 5) is 28.5. The van der Waals surface area contributed by atoms with Crippen LogP contribution in [0, 0.1) is 5.82 Å². The molecule has 3 aromatic rings. The van der Waals surface area contributed by atoms with Crippen molar-refractivity contribution in [1.29, 1.82) is 0 Å². The zero-order valence-electron chi connectivity index (χ0n) is 13.6. The first-order valence-corrected chi connectivity index (χ1v) is 9.38. The van der Waals surface area contributed by atoms with E-state index >= 15 is 0 Å². The number of carbonyl (C=O) groups is 1. The molecule has 0 saturated carbocycles. The molecule has 0 fully saturated rings. The molecule has 7 nitrogen and oxygen atoms in total. The molecule has 2 aromatic carbocycles. The summed E-state index contributed by atoms with van der Waals surface area (Å²) in [7, 11) is -3.55. The number of hydrogen-bond acceptors (Lipinski definition) is 5. The summed E-state index contributed by atoms with van der Waals surface area (Å²) in [5.74, 6) is -1.47. The Bertz CT molecular complexity index is 1170. The quantitative estimate of drug-likeness (QED) is 0.698. The number of nitrogens with zero attached hydrogens (tertiary/aromatic N) is 2. The Labute approximate surface area is 148 Å². The Morgan fingerprint density at radius 2 is 1.96 bits per heavy atom. The number of carbonyl (C=O) groups excluding carboxylic acids is 1. The number of anilines is 1. The van der Waals surface area contributed by atoms with Crippen molar-refractivity contribution in [1.82, 2.24) is 9.55 Å². The summed E-state index contributed by atoms with van der Waals surface area (Å²) in [6.45, 7) is -0.390. The van der Waals surface area contributed by atoms with Gasteiger partial charge in [0.05, 0.1) is 27.8 Å². The Morgan fingerprint density at radius 1 is 1.23 bits per heavy atom. The van der Waals surface area contributed by atoms with Crippen molar-refractivity contribution in [2.75, 3.05) is 11.6 Å². The molecule has 1 aromatic heterocycles. The SMILES string of the molecule is CS(=O)(=O)c1ccc(F)c(NC(=O)Cn2cnc3ccccc3c2=O)c1. The van der Waals surface area contributed by atoms with Crippen LogP contribution in [0.2, 0.25) is 0 Å². The molecule has 1 heterocycles. The summed E-state index contributed by atoms with van der Waals surface area (Å²) >= 11 is 0. The van der Waals surface area contributed by atoms with Crippen LogP contribution in [0.5, 0.6) is 0 Å². The first kappa shape index (κ1) is 17.7. The molecule has 3 rings (SSSR count). The van der Waals surface area contributed by atoms with Crippen molar-refractivity contribution in [2.45, 2.75) is 11.4 Å². The average Bonchev–Trinajstić information content (AvgIpc) is 2.58. The number of halogens is 1. The van der Waals surface area contributed by atoms with Crippen LogP contribution in [-0.2, 0) is 21.2 Å². The molecule has 0 radical (unpaired) electrons. The second-order valence-electron chi connectivity index (χ2n) is 5.66. The van der Waals surface area contributed by atoms with E-state index in [9.17, 15) is 22.4 Å². The van der Waals surface area contributed by atoms with Crippen molar-refractivity contribution >= 4 is 32.3 Å². The second-order valence-corrected chi connectivity index (χ2v) is 7.67. The van der Waals surface area contributed by atoms with Crippen LogP contribution in [0.4, 0.5) is 10.1 Å². The topological polar surface area (TPSA) is 98.1 Å². The minimum atomic E-state index is -3.55. The smallest absolute Gasteiger partial charge is 0.261 e. The molecule has 0 unspecified atom stereocenters. The van der Waals surface area contributed by atoms with E-state index in [1.807, 2.05) is 0 Å². The van der Waals surface area contributed by atoms with Crippen LogP contribution in [0.25, 0.3) is 10.9 Å². The minimum Gasteiger partial charge on any atom is -0.322 e. The van der Waals surface area contributed by atoms with Crippen LogP contribution in [0.15, 0.2) is 58.5 Å². The molecule has 0 aliphatic heterocycles. The van der Waals surface area contributed by atoms with Gasteiger partial charge in [-0.2, -0.15) is 0 Å². The third kappa shape index (κ3) is 3.62. The zero-order valence-corrected chi connectivity index (χ0v) is 14.5. The minimum absolute atomic E-state index is 0.126. The number of rotatable bonds is 4. The largest absolute Gasteiger partial charge is 0.322 e. The van der Waals surface area contributed by atoms with Crippen molar-refractivity contribution in [3.8, 4) is 0 Å². The fourth-order valence-electron chi connectivity index (χ4n) is 2.39. The number of nitrogens with one attached hydrogen (secondary N) is 1. The highest BCUT2D eigenvalue weighted by atomic mass is 32.2. The highest BCUT2D eigenvalue weighted by Crippen LogP contribution is 2.19. The van der Waals surface area contributed by atoms with E-state index in [2.05, 4.69) is 10.3 Å². The Kier molecular flexibility index (Phi) is 4.56. The standard InChI is InChI=1S/C17H14FN3O4S/c1-26(24,25)11-6-7-13(18)15(8-11)20-16(22)9-21-10-19-14-5-3-2-4-12(14)17(21)23/h2-8,10H,9H2,1H3,(H,20,22). The molecule has 134 valence electrons. The van der Waals surface area contributed by atoms with Gasteiger partial charge in [0.15, 0.2) is 9.84 Å². The molecule has 0 bridgehead atoms. The maximum Gasteiger partial charge on any atom is 0.261 e. The predicted molar refractivity (Wildman–Crippen MR) is 94.1 cm³/mol. The molecule has 26 heavy (non-hydrogen) atoms. The lowest BCUT2D eigenvalue weighted by molar-refractivity contribution is -0.116. The fourth-order valence-corrected chi connectivity index (χ4v) is 3.04. The van der Waals surface area contributed by atoms with Crippen molar-refractivity contribution < 1.29 is 17.6 Å². The molecule has 0 spiro atoms. The predicted octanol–water partition coefficient (Wildman–Crippen LogP) is 1.58. The number of fused-ring (bicyclic) bond motifs is 1. The third-order valence-corrected chi connectivity index (χ3v) is 4.80. The number of hydrogen-bond donors (Lipinski definition) is 1. The fraction of sp³-hybridized carbons (Fsp3) is 0.118. The summed E-state index contributed by atoms with van der Waals surface area (Å²) in [5.41, 5.74) is -0.183. The monoisotopic (exact) mass is 375 g/mol. The van der Waals surface area contributed by atoms with Gasteiger partial charge in [-0.1, -0.05) is 12.1 Å². The number of amides is 1. The molecule has 9 heteroatoms. The summed E-state index contributed by atoms with van der Waals surface area (Å²) < 4.78 is 38.1. The van der Waals surface area contributed by atoms with E-state index in [1.165, 1.54) is 6.33 Å². The van der Waals surface area contributed by atoms with Crippen molar-refractivity contribution in [3.05, 3.63) is 65.0 Å². The molecule has 0 aliphatic rings. The van der Waals surface area contributed by atoms with Crippen molar-refractivity contribution in [3.63, 3.8) is 0 Å². The van der Waals surface area contributed by atoms with Gasteiger partial charge in [0.25, 0.3) is 5.56 Å². The molecule has 1 N–H and O–H groups in total. The average molecular weight is 375 g/mol. The van der Waals surface area contributed by atoms with Crippen LogP contribution < -0.4 is 10.9 Å². The first-order valence-electron chi connectivity index (χ1n) is 7.49. The van der Waals surface area contributed by atoms with Crippen LogP contribution in [0.1, 0.15) is 0 Å². The van der Waals surface area contributed by atoms with Gasteiger partial charge in [-0.15, -0.1) is 0 Å². The molecule has 0 atom stereocenters. The van der Waals surface area contributed by atoms with Crippen LogP contribution in [0.3, 0.4) is 0 Å². The van der Waals surface area contributed by atoms with E-state index in [0.717, 1.165) is 29.0 Å². The molecular weight excluding hydrogens is 361 g/mol. The third-order valence-electron chi connectivity index (χ3n) is 3.69. The molecule has 1 amide bonds. The van der Waals surface area contributed by atoms with Gasteiger partial charge in [-0.25, -0.2) is 17.8 Å². The maximum atomic E-state index is 13.9. The Hall–Kier alpha value is -3.07. The number of benzene rings is 2. The lowest BCUT2D eigenvalue weighted by atomic mass is 10.2. The Balaban J connectivity index is 1.86. The number of para-hydroxylation sites is 1. The van der Waals surface area contributed by atoms with Gasteiger partial charge in [-0.3, -0.25) is 14.2 Å². The number of aromatic nitrogens is 2. The number of sulfone groups is 1. The highest BCUT2D eigenvalue weighted by Gasteiger charge is 2.14. The Morgan fingerprint density at radius 3 is 2.69 bits per heavy atom. The van der Waals surface area contributed by atoms with E-state index in [-0.39, 0.29) is 17.1 Å². The second kappa shape index (κ2) is 6.68. The van der Waals surface area contributed by atoms with E-state index in [0.29, 0.717) is 10.9 Å². The summed E-state index contributed by atoms with van der Waals surface area (Å²) in [5, 5.41) is 2.64. The first-order chi connectivity index (χ1) is 12.3.